The Balaban J connectivity index is 1.57. The van der Waals surface area contributed by atoms with Crippen molar-refractivity contribution in [3.05, 3.63) is 81.1 Å². The molecular formula is C22H17ClN4O4S. The molecule has 0 saturated heterocycles. The third kappa shape index (κ3) is 3.96. The van der Waals surface area contributed by atoms with E-state index in [9.17, 15) is 13.2 Å². The summed E-state index contributed by atoms with van der Waals surface area (Å²) >= 11 is 6.13. The van der Waals surface area contributed by atoms with E-state index in [0.29, 0.717) is 52.9 Å². The Hall–Kier alpha value is -3.30. The van der Waals surface area contributed by atoms with Gasteiger partial charge in [0.1, 0.15) is 4.90 Å². The smallest absolute Gasteiger partial charge is 0.296 e. The maximum atomic E-state index is 12.9. The Bertz CT molecular complexity index is 1480. The predicted molar refractivity (Wildman–Crippen MR) is 118 cm³/mol. The first-order valence-electron chi connectivity index (χ1n) is 9.93. The van der Waals surface area contributed by atoms with Gasteiger partial charge < -0.3 is 0 Å². The summed E-state index contributed by atoms with van der Waals surface area (Å²) in [5, 5.41) is 4.23. The van der Waals surface area contributed by atoms with E-state index in [2.05, 4.69) is 24.6 Å². The molecule has 5 rings (SSSR count). The van der Waals surface area contributed by atoms with Crippen LogP contribution in [0.4, 0.5) is 0 Å². The van der Waals surface area contributed by atoms with Crippen molar-refractivity contribution in [3.8, 4) is 22.8 Å². The minimum atomic E-state index is -3.46. The Kier molecular flexibility index (Phi) is 5.15. The highest BCUT2D eigenvalue weighted by Gasteiger charge is 2.30. The Morgan fingerprint density at radius 1 is 1.06 bits per heavy atom. The van der Waals surface area contributed by atoms with Gasteiger partial charge in [-0.2, -0.15) is 0 Å². The van der Waals surface area contributed by atoms with Gasteiger partial charge in [-0.15, -0.1) is 0 Å². The number of sulfone groups is 1. The lowest BCUT2D eigenvalue weighted by Gasteiger charge is -2.19. The van der Waals surface area contributed by atoms with Gasteiger partial charge in [-0.3, -0.25) is 9.51 Å². The molecule has 32 heavy (non-hydrogen) atoms. The lowest BCUT2D eigenvalue weighted by molar-refractivity contribution is 0.388. The molecule has 0 atom stereocenters. The molecule has 0 fully saturated rings. The van der Waals surface area contributed by atoms with Crippen molar-refractivity contribution in [1.29, 1.82) is 0 Å². The zero-order valence-corrected chi connectivity index (χ0v) is 18.3. The molecule has 2 aromatic heterocycles. The third-order valence-corrected chi connectivity index (χ3v) is 7.42. The number of hydrogen-bond donors (Lipinski definition) is 1. The molecule has 0 aliphatic carbocycles. The molecule has 162 valence electrons. The number of nitrogens with zero attached hydrogens (tertiary/aromatic N) is 3. The average molecular weight is 469 g/mol. The molecule has 0 radical (unpaired) electrons. The summed E-state index contributed by atoms with van der Waals surface area (Å²) in [7, 11) is -3.46. The van der Waals surface area contributed by atoms with Gasteiger partial charge in [0.25, 0.3) is 0 Å². The molecule has 1 N–H and O–H groups in total. The number of rotatable bonds is 4. The van der Waals surface area contributed by atoms with Crippen LogP contribution in [0, 0.1) is 0 Å². The van der Waals surface area contributed by atoms with E-state index in [1.54, 1.807) is 24.3 Å². The van der Waals surface area contributed by atoms with Gasteiger partial charge >= 0.3 is 5.76 Å². The predicted octanol–water partition coefficient (Wildman–Crippen LogP) is 3.45. The summed E-state index contributed by atoms with van der Waals surface area (Å²) in [6.45, 7) is 0. The van der Waals surface area contributed by atoms with Crippen LogP contribution in [0.5, 0.6) is 0 Å². The van der Waals surface area contributed by atoms with Gasteiger partial charge in [0.15, 0.2) is 21.5 Å². The molecular weight excluding hydrogens is 452 g/mol. The van der Waals surface area contributed by atoms with E-state index in [4.69, 9.17) is 11.6 Å². The first kappa shape index (κ1) is 20.6. The maximum Gasteiger partial charge on any atom is 0.439 e. The number of aromatic amines is 1. The van der Waals surface area contributed by atoms with E-state index in [1.807, 2.05) is 24.3 Å². The van der Waals surface area contributed by atoms with Crippen LogP contribution >= 0.6 is 11.6 Å². The van der Waals surface area contributed by atoms with Gasteiger partial charge in [0.05, 0.1) is 17.1 Å². The number of aryl methyl sites for hydroxylation is 1. The number of nitrogens with one attached hydrogen (secondary N) is 1. The van der Waals surface area contributed by atoms with Crippen LogP contribution in [0.15, 0.2) is 62.7 Å². The zero-order chi connectivity index (χ0) is 22.3. The van der Waals surface area contributed by atoms with Gasteiger partial charge in [-0.1, -0.05) is 53.2 Å². The lowest BCUT2D eigenvalue weighted by atomic mass is 10.0. The molecule has 3 heterocycles. The normalized spacial score (nSPS) is 14.8. The van der Waals surface area contributed by atoms with Crippen LogP contribution in [0.3, 0.4) is 0 Å². The summed E-state index contributed by atoms with van der Waals surface area (Å²) < 4.78 is 30.3. The highest BCUT2D eigenvalue weighted by molar-refractivity contribution is 7.91. The number of benzene rings is 2. The molecule has 0 unspecified atom stereocenters. The van der Waals surface area contributed by atoms with Crippen LogP contribution in [0.1, 0.15) is 23.4 Å². The summed E-state index contributed by atoms with van der Waals surface area (Å²) in [4.78, 5) is 23.1. The van der Waals surface area contributed by atoms with Gasteiger partial charge in [0.2, 0.25) is 0 Å². The van der Waals surface area contributed by atoms with Gasteiger partial charge in [0, 0.05) is 22.6 Å². The topological polar surface area (TPSA) is 119 Å². The Labute approximate surface area is 188 Å². The van der Waals surface area contributed by atoms with Crippen LogP contribution in [0.25, 0.3) is 22.8 Å². The fraction of sp³-hybridized carbons (Fsp3) is 0.182. The minimum absolute atomic E-state index is 0.0886. The van der Waals surface area contributed by atoms with Crippen molar-refractivity contribution in [2.45, 2.75) is 24.2 Å². The molecule has 8 nitrogen and oxygen atoms in total. The van der Waals surface area contributed by atoms with E-state index < -0.39 is 15.6 Å². The fourth-order valence-electron chi connectivity index (χ4n) is 3.81. The van der Waals surface area contributed by atoms with Gasteiger partial charge in [-0.05, 0) is 30.5 Å². The third-order valence-electron chi connectivity index (χ3n) is 5.27. The maximum absolute atomic E-state index is 12.9. The highest BCUT2D eigenvalue weighted by atomic mass is 35.5. The van der Waals surface area contributed by atoms with E-state index >= 15 is 0 Å². The van der Waals surface area contributed by atoms with Crippen molar-refractivity contribution in [3.63, 3.8) is 0 Å². The van der Waals surface area contributed by atoms with Gasteiger partial charge in [-0.25, -0.2) is 23.2 Å². The van der Waals surface area contributed by atoms with E-state index in [1.165, 1.54) is 0 Å². The van der Waals surface area contributed by atoms with E-state index in [-0.39, 0.29) is 10.6 Å². The van der Waals surface area contributed by atoms with Crippen LogP contribution < -0.4 is 5.76 Å². The van der Waals surface area contributed by atoms with Crippen molar-refractivity contribution < 1.29 is 12.9 Å². The molecule has 0 spiro atoms. The molecule has 1 aliphatic heterocycles. The summed E-state index contributed by atoms with van der Waals surface area (Å²) in [5.41, 5.74) is 3.28. The Morgan fingerprint density at radius 2 is 1.88 bits per heavy atom. The first-order chi connectivity index (χ1) is 15.4. The first-order valence-corrected chi connectivity index (χ1v) is 12.0. The van der Waals surface area contributed by atoms with Crippen molar-refractivity contribution in [1.82, 2.24) is 20.1 Å². The van der Waals surface area contributed by atoms with Crippen molar-refractivity contribution in [2.75, 3.05) is 5.75 Å². The summed E-state index contributed by atoms with van der Waals surface area (Å²) in [6.07, 6.45) is 1.43. The monoisotopic (exact) mass is 468 g/mol. The number of fused-ring (bicyclic) bond motifs is 1. The second-order valence-corrected chi connectivity index (χ2v) is 10.0. The number of aromatic nitrogens is 4. The van der Waals surface area contributed by atoms with Crippen molar-refractivity contribution in [2.24, 2.45) is 0 Å². The standard InChI is InChI=1S/C22H17ClN4O4S/c23-16-4-1-3-15(12-16)20-24-17-5-2-10-32(29,30)19(17)18(25-20)11-13-6-8-14(9-7-13)21-26-22(28)31-27-21/h1,3-4,6-9,12H,2,5,10-11H2,(H,26,27,28). The average Bonchev–Trinajstić information content (AvgIpc) is 3.20. The molecule has 10 heteroatoms. The zero-order valence-electron chi connectivity index (χ0n) is 16.7. The molecule has 0 bridgehead atoms. The van der Waals surface area contributed by atoms with Crippen LogP contribution in [-0.4, -0.2) is 34.3 Å². The second-order valence-electron chi connectivity index (χ2n) is 7.52. The lowest BCUT2D eigenvalue weighted by Crippen LogP contribution is -2.21. The molecule has 4 aromatic rings. The van der Waals surface area contributed by atoms with Crippen LogP contribution in [0.2, 0.25) is 5.02 Å². The largest absolute Gasteiger partial charge is 0.439 e. The minimum Gasteiger partial charge on any atom is -0.296 e. The summed E-state index contributed by atoms with van der Waals surface area (Å²) in [6, 6.07) is 14.4. The highest BCUT2D eigenvalue weighted by Crippen LogP contribution is 2.31. The number of halogens is 1. The van der Waals surface area contributed by atoms with Crippen LogP contribution in [-0.2, 0) is 22.7 Å². The quantitative estimate of drug-likeness (QED) is 0.487. The fourth-order valence-corrected chi connectivity index (χ4v) is 5.72. The SMILES string of the molecule is O=c1[nH]c(-c2ccc(Cc3nc(-c4cccc(Cl)c4)nc4c3S(=O)(=O)CCC4)cc2)no1. The van der Waals surface area contributed by atoms with E-state index in [0.717, 1.165) is 11.1 Å². The Morgan fingerprint density at radius 3 is 2.59 bits per heavy atom. The molecule has 1 aliphatic rings. The second kappa shape index (κ2) is 7.99. The molecule has 2 aromatic carbocycles. The number of hydrogen-bond acceptors (Lipinski definition) is 7. The molecule has 0 saturated carbocycles. The van der Waals surface area contributed by atoms with Crippen molar-refractivity contribution >= 4 is 21.4 Å². The summed E-state index contributed by atoms with van der Waals surface area (Å²) in [5.74, 6) is 0.239. The number of H-pyrrole nitrogens is 1. The molecule has 0 amide bonds.